The van der Waals surface area contributed by atoms with E-state index in [2.05, 4.69) is 56.5 Å². The third kappa shape index (κ3) is 5.87. The number of carbonyl (C=O) groups excluding carboxylic acids is 2. The van der Waals surface area contributed by atoms with E-state index in [-0.39, 0.29) is 24.5 Å². The number of piperazine rings is 2. The highest BCUT2D eigenvalue weighted by Crippen LogP contribution is 2.35. The van der Waals surface area contributed by atoms with Crippen LogP contribution >= 0.6 is 11.8 Å². The Balaban J connectivity index is 1.11. The Labute approximate surface area is 245 Å². The monoisotopic (exact) mass is 580 g/mol. The minimum Gasteiger partial charge on any atom is -0.364 e. The molecule has 0 saturated carbocycles. The van der Waals surface area contributed by atoms with Gasteiger partial charge in [0.25, 0.3) is 0 Å². The molecule has 3 aromatic heterocycles. The normalized spacial score (nSPS) is 22.0. The van der Waals surface area contributed by atoms with Gasteiger partial charge >= 0.3 is 0 Å². The van der Waals surface area contributed by atoms with Crippen LogP contribution in [0.4, 0.5) is 17.3 Å². The van der Waals surface area contributed by atoms with Gasteiger partial charge in [-0.05, 0) is 44.7 Å². The van der Waals surface area contributed by atoms with E-state index in [1.54, 1.807) is 27.2 Å². The number of likely N-dealkylation sites (N-methyl/N-ethyl adjacent to an activating group) is 1. The number of hydrogen-bond donors (Lipinski definition) is 1. The SMILES string of the molecule is CCC(CC(=O)N1C2CCC1CN(c1cccn3nc(Nc4cnn(CC(=O)N5CCN(C)CC5)c4)nc13)C2)SC. The summed E-state index contributed by atoms with van der Waals surface area (Å²) in [6.45, 7) is 7.27. The zero-order chi connectivity index (χ0) is 28.5. The summed E-state index contributed by atoms with van der Waals surface area (Å²) in [6, 6.07) is 4.56. The standard InChI is InChI=1S/C28H40N10O2S/c1-4-23(41-3)14-25(39)38-21-7-8-22(38)18-35(17-21)24-6-5-9-37-27(24)31-28(32-37)30-20-15-29-36(16-20)19-26(40)34-12-10-33(2)11-13-34/h5-6,9,15-16,21-23H,4,7-8,10-14,17-19H2,1-3H3,(H,30,32). The first kappa shape index (κ1) is 27.8. The van der Waals surface area contributed by atoms with Crippen molar-refractivity contribution in [2.45, 2.75) is 56.5 Å². The molecule has 3 saturated heterocycles. The molecule has 0 spiro atoms. The maximum absolute atomic E-state index is 13.2. The Bertz CT molecular complexity index is 1370. The lowest BCUT2D eigenvalue weighted by Gasteiger charge is -2.42. The fourth-order valence-corrected chi connectivity index (χ4v) is 6.97. The molecule has 2 amide bonds. The number of fused-ring (bicyclic) bond motifs is 3. The second kappa shape index (κ2) is 11.9. The van der Waals surface area contributed by atoms with Crippen molar-refractivity contribution in [1.29, 1.82) is 0 Å². The lowest BCUT2D eigenvalue weighted by atomic mass is 10.1. The van der Waals surface area contributed by atoms with E-state index in [0.29, 0.717) is 23.5 Å². The summed E-state index contributed by atoms with van der Waals surface area (Å²) in [4.78, 5) is 39.4. The summed E-state index contributed by atoms with van der Waals surface area (Å²) in [6.07, 6.45) is 11.2. The molecule has 41 heavy (non-hydrogen) atoms. The van der Waals surface area contributed by atoms with Gasteiger partial charge < -0.3 is 24.9 Å². The van der Waals surface area contributed by atoms with Gasteiger partial charge in [0.1, 0.15) is 6.54 Å². The molecule has 6 rings (SSSR count). The van der Waals surface area contributed by atoms with E-state index in [1.165, 1.54) is 0 Å². The highest BCUT2D eigenvalue weighted by atomic mass is 32.2. The van der Waals surface area contributed by atoms with Gasteiger partial charge in [-0.1, -0.05) is 6.92 Å². The Morgan fingerprint density at radius 2 is 1.88 bits per heavy atom. The molecule has 0 aromatic carbocycles. The molecule has 0 radical (unpaired) electrons. The molecule has 3 aromatic rings. The maximum atomic E-state index is 13.2. The predicted octanol–water partition coefficient (Wildman–Crippen LogP) is 2.15. The number of amides is 2. The molecule has 2 bridgehead atoms. The zero-order valence-electron chi connectivity index (χ0n) is 24.1. The highest BCUT2D eigenvalue weighted by molar-refractivity contribution is 7.99. The van der Waals surface area contributed by atoms with Gasteiger partial charge in [0.05, 0.1) is 17.6 Å². The second-order valence-corrected chi connectivity index (χ2v) is 12.5. The fourth-order valence-electron chi connectivity index (χ4n) is 6.33. The van der Waals surface area contributed by atoms with Crippen molar-refractivity contribution >= 4 is 46.5 Å². The van der Waals surface area contributed by atoms with Crippen LogP contribution < -0.4 is 10.2 Å². The molecule has 0 aliphatic carbocycles. The molecule has 3 aliphatic rings. The minimum atomic E-state index is 0.0773. The second-order valence-electron chi connectivity index (χ2n) is 11.4. The third-order valence-corrected chi connectivity index (χ3v) is 9.85. The van der Waals surface area contributed by atoms with E-state index in [1.807, 2.05) is 23.4 Å². The van der Waals surface area contributed by atoms with Gasteiger partial charge in [-0.25, -0.2) is 4.52 Å². The number of pyridine rings is 1. The molecule has 3 fully saturated rings. The Morgan fingerprint density at radius 1 is 1.12 bits per heavy atom. The number of carbonyl (C=O) groups is 2. The molecule has 3 unspecified atom stereocenters. The number of nitrogens with zero attached hydrogens (tertiary/aromatic N) is 9. The van der Waals surface area contributed by atoms with Crippen LogP contribution in [-0.2, 0) is 16.1 Å². The van der Waals surface area contributed by atoms with Crippen molar-refractivity contribution in [3.63, 3.8) is 0 Å². The first-order chi connectivity index (χ1) is 19.9. The van der Waals surface area contributed by atoms with Crippen molar-refractivity contribution in [3.05, 3.63) is 30.7 Å². The minimum absolute atomic E-state index is 0.0773. The summed E-state index contributed by atoms with van der Waals surface area (Å²) < 4.78 is 3.45. The van der Waals surface area contributed by atoms with Gasteiger partial charge in [0.2, 0.25) is 17.8 Å². The van der Waals surface area contributed by atoms with E-state index in [9.17, 15) is 9.59 Å². The van der Waals surface area contributed by atoms with Crippen LogP contribution in [-0.4, -0.2) is 121 Å². The Kier molecular flexibility index (Phi) is 8.07. The van der Waals surface area contributed by atoms with E-state index in [4.69, 9.17) is 4.98 Å². The topological polar surface area (TPSA) is 107 Å². The molecule has 1 N–H and O–H groups in total. The third-order valence-electron chi connectivity index (χ3n) is 8.69. The predicted molar refractivity (Wildman–Crippen MR) is 161 cm³/mol. The van der Waals surface area contributed by atoms with Crippen molar-refractivity contribution in [2.75, 3.05) is 62.8 Å². The molecule has 3 atom stereocenters. The average molecular weight is 581 g/mol. The smallest absolute Gasteiger partial charge is 0.247 e. The van der Waals surface area contributed by atoms with Crippen LogP contribution in [0.5, 0.6) is 0 Å². The molecule has 12 nitrogen and oxygen atoms in total. The van der Waals surface area contributed by atoms with Crippen LogP contribution in [0.2, 0.25) is 0 Å². The molecule has 6 heterocycles. The van der Waals surface area contributed by atoms with E-state index < -0.39 is 0 Å². The number of thioether (sulfide) groups is 1. The van der Waals surface area contributed by atoms with Crippen LogP contribution in [0.1, 0.15) is 32.6 Å². The van der Waals surface area contributed by atoms with Crippen molar-refractivity contribution in [2.24, 2.45) is 0 Å². The first-order valence-corrected chi connectivity index (χ1v) is 15.9. The van der Waals surface area contributed by atoms with Crippen molar-refractivity contribution < 1.29 is 9.59 Å². The lowest BCUT2D eigenvalue weighted by molar-refractivity contribution is -0.135. The zero-order valence-corrected chi connectivity index (χ0v) is 25.0. The lowest BCUT2D eigenvalue weighted by Crippen LogP contribution is -2.56. The van der Waals surface area contributed by atoms with Crippen LogP contribution in [0.15, 0.2) is 30.7 Å². The number of aromatic nitrogens is 5. The Morgan fingerprint density at radius 3 is 2.59 bits per heavy atom. The van der Waals surface area contributed by atoms with Crippen LogP contribution in [0.25, 0.3) is 5.65 Å². The number of anilines is 3. The van der Waals surface area contributed by atoms with Gasteiger partial charge in [-0.2, -0.15) is 21.8 Å². The number of hydrogen-bond acceptors (Lipinski definition) is 9. The first-order valence-electron chi connectivity index (χ1n) is 14.6. The van der Waals surface area contributed by atoms with Gasteiger partial charge in [-0.3, -0.25) is 14.3 Å². The van der Waals surface area contributed by atoms with Gasteiger partial charge in [0, 0.05) is 75.4 Å². The summed E-state index contributed by atoms with van der Waals surface area (Å²) >= 11 is 1.79. The van der Waals surface area contributed by atoms with E-state index >= 15 is 0 Å². The quantitative estimate of drug-likeness (QED) is 0.408. The maximum Gasteiger partial charge on any atom is 0.247 e. The molecule has 13 heteroatoms. The molecular weight excluding hydrogens is 540 g/mol. The number of rotatable bonds is 9. The molecule has 3 aliphatic heterocycles. The van der Waals surface area contributed by atoms with Crippen LogP contribution in [0, 0.1) is 0 Å². The molecule has 220 valence electrons. The summed E-state index contributed by atoms with van der Waals surface area (Å²) in [5.74, 6) is 0.853. The highest BCUT2D eigenvalue weighted by Gasteiger charge is 2.43. The van der Waals surface area contributed by atoms with Crippen LogP contribution in [0.3, 0.4) is 0 Å². The number of nitrogens with one attached hydrogen (secondary N) is 1. The van der Waals surface area contributed by atoms with Crippen molar-refractivity contribution in [3.8, 4) is 0 Å². The Hall–Kier alpha value is -3.32. The summed E-state index contributed by atoms with van der Waals surface area (Å²) in [5, 5.41) is 12.7. The van der Waals surface area contributed by atoms with E-state index in [0.717, 1.165) is 75.6 Å². The largest absolute Gasteiger partial charge is 0.364 e. The van der Waals surface area contributed by atoms with Gasteiger partial charge in [0.15, 0.2) is 5.65 Å². The molecular formula is C28H40N10O2S. The fraction of sp³-hybridized carbons (Fsp3) is 0.607. The summed E-state index contributed by atoms with van der Waals surface area (Å²) in [5.41, 5.74) is 2.54. The summed E-state index contributed by atoms with van der Waals surface area (Å²) in [7, 11) is 2.08. The average Bonchev–Trinajstić information content (AvgIpc) is 3.67. The van der Waals surface area contributed by atoms with Gasteiger partial charge in [-0.15, -0.1) is 5.10 Å². The van der Waals surface area contributed by atoms with Crippen molar-refractivity contribution in [1.82, 2.24) is 39.1 Å².